The molecular weight excluding hydrogens is 407 g/mol. The lowest BCUT2D eigenvalue weighted by Crippen LogP contribution is -2.60. The number of nitrogens with one attached hydrogen (secondary N) is 2. The number of hydrogen-bond acceptors (Lipinski definition) is 6. The van der Waals surface area contributed by atoms with Gasteiger partial charge < -0.3 is 15.4 Å². The lowest BCUT2D eigenvalue weighted by Gasteiger charge is -2.57. The van der Waals surface area contributed by atoms with Crippen LogP contribution in [0.15, 0.2) is 9.98 Å². The Morgan fingerprint density at radius 2 is 1.68 bits per heavy atom. The van der Waals surface area contributed by atoms with E-state index in [4.69, 9.17) is 4.74 Å². The monoisotopic (exact) mass is 441 g/mol. The molecule has 2 aliphatic heterocycles. The van der Waals surface area contributed by atoms with Gasteiger partial charge in [-0.25, -0.2) is 4.99 Å². The number of alkyl halides is 3. The Morgan fingerprint density at radius 3 is 2.29 bits per heavy atom. The van der Waals surface area contributed by atoms with Crippen molar-refractivity contribution in [3.8, 4) is 0 Å². The van der Waals surface area contributed by atoms with E-state index < -0.39 is 17.8 Å². The van der Waals surface area contributed by atoms with Crippen molar-refractivity contribution in [2.24, 2.45) is 33.7 Å². The number of hydrogen-bond donors (Lipinski definition) is 2. The van der Waals surface area contributed by atoms with Gasteiger partial charge >= 0.3 is 6.18 Å². The molecule has 6 aliphatic rings. The second kappa shape index (κ2) is 8.63. The van der Waals surface area contributed by atoms with Gasteiger partial charge in [-0.2, -0.15) is 13.2 Å². The third-order valence-electron chi connectivity index (χ3n) is 7.88. The lowest BCUT2D eigenvalue weighted by atomic mass is 9.53. The van der Waals surface area contributed by atoms with E-state index in [-0.39, 0.29) is 24.6 Å². The van der Waals surface area contributed by atoms with Crippen LogP contribution >= 0.6 is 0 Å². The number of guanidine groups is 1. The number of halogens is 3. The van der Waals surface area contributed by atoms with Crippen molar-refractivity contribution in [3.05, 3.63) is 0 Å². The second-order valence-electron chi connectivity index (χ2n) is 10.3. The molecule has 6 rings (SSSR count). The zero-order chi connectivity index (χ0) is 21.5. The highest BCUT2D eigenvalue weighted by Crippen LogP contribution is 2.55. The van der Waals surface area contributed by atoms with E-state index in [1.807, 2.05) is 0 Å². The number of ether oxygens (including phenoxy) is 1. The predicted octanol–water partition coefficient (Wildman–Crippen LogP) is 2.46. The fraction of sp³-hybridized carbons (Fsp3) is 0.909. The van der Waals surface area contributed by atoms with Crippen LogP contribution in [0.3, 0.4) is 0 Å². The summed E-state index contributed by atoms with van der Waals surface area (Å²) in [4.78, 5) is 10.8. The van der Waals surface area contributed by atoms with E-state index in [0.717, 1.165) is 69.9 Å². The smallest absolute Gasteiger partial charge is 0.379 e. The van der Waals surface area contributed by atoms with Gasteiger partial charge in [0.15, 0.2) is 0 Å². The first-order valence-corrected chi connectivity index (χ1v) is 11.9. The predicted molar refractivity (Wildman–Crippen MR) is 113 cm³/mol. The van der Waals surface area contributed by atoms with Crippen molar-refractivity contribution in [1.82, 2.24) is 15.5 Å². The summed E-state index contributed by atoms with van der Waals surface area (Å²) in [6, 6.07) is 0. The van der Waals surface area contributed by atoms with Crippen LogP contribution < -0.4 is 10.6 Å². The molecule has 4 aliphatic carbocycles. The molecule has 0 aromatic carbocycles. The summed E-state index contributed by atoms with van der Waals surface area (Å²) in [5.41, 5.74) is -0.773. The summed E-state index contributed by atoms with van der Waals surface area (Å²) in [6.45, 7) is 5.06. The molecule has 0 amide bonds. The molecule has 2 heterocycles. The highest BCUT2D eigenvalue weighted by Gasteiger charge is 2.52. The molecule has 9 heteroatoms. The Bertz CT molecular complexity index is 681. The molecule has 4 bridgehead atoms. The third kappa shape index (κ3) is 4.93. The van der Waals surface area contributed by atoms with Crippen LogP contribution in [-0.2, 0) is 4.74 Å². The zero-order valence-corrected chi connectivity index (χ0v) is 18.1. The molecule has 0 aromatic heterocycles. The summed E-state index contributed by atoms with van der Waals surface area (Å²) in [5, 5.41) is 6.61. The average molecular weight is 442 g/mol. The van der Waals surface area contributed by atoms with Gasteiger partial charge in [-0.1, -0.05) is 0 Å². The van der Waals surface area contributed by atoms with E-state index in [2.05, 4.69) is 25.5 Å². The summed E-state index contributed by atoms with van der Waals surface area (Å²) < 4.78 is 46.7. The maximum atomic E-state index is 13.8. The van der Waals surface area contributed by atoms with Gasteiger partial charge in [0.1, 0.15) is 5.71 Å². The Balaban J connectivity index is 1.18. The Morgan fingerprint density at radius 1 is 1.03 bits per heavy atom. The van der Waals surface area contributed by atoms with Crippen molar-refractivity contribution in [2.75, 3.05) is 52.5 Å². The maximum Gasteiger partial charge on any atom is 0.430 e. The zero-order valence-electron chi connectivity index (χ0n) is 18.1. The summed E-state index contributed by atoms with van der Waals surface area (Å²) in [6.07, 6.45) is 2.62. The van der Waals surface area contributed by atoms with Gasteiger partial charge in [-0.3, -0.25) is 9.89 Å². The molecule has 4 saturated carbocycles. The van der Waals surface area contributed by atoms with Crippen LogP contribution in [0.4, 0.5) is 13.2 Å². The van der Waals surface area contributed by atoms with Crippen LogP contribution in [-0.4, -0.2) is 80.8 Å². The number of aliphatic imine (C=N–C) groups is 2. The molecule has 1 saturated heterocycles. The van der Waals surface area contributed by atoms with Crippen molar-refractivity contribution < 1.29 is 17.9 Å². The van der Waals surface area contributed by atoms with Gasteiger partial charge in [-0.15, -0.1) is 0 Å². The van der Waals surface area contributed by atoms with Gasteiger partial charge in [0, 0.05) is 44.2 Å². The van der Waals surface area contributed by atoms with Gasteiger partial charge in [0.2, 0.25) is 5.96 Å². The summed E-state index contributed by atoms with van der Waals surface area (Å²) >= 11 is 0. The molecule has 1 unspecified atom stereocenters. The van der Waals surface area contributed by atoms with E-state index >= 15 is 0 Å². The first-order chi connectivity index (χ1) is 14.9. The average Bonchev–Trinajstić information content (AvgIpc) is 2.71. The topological polar surface area (TPSA) is 61.2 Å². The highest BCUT2D eigenvalue weighted by atomic mass is 19.4. The van der Waals surface area contributed by atoms with Crippen molar-refractivity contribution in [2.45, 2.75) is 50.2 Å². The van der Waals surface area contributed by atoms with Crippen LogP contribution in [0.25, 0.3) is 0 Å². The minimum absolute atomic E-state index is 0.0863. The van der Waals surface area contributed by atoms with Crippen molar-refractivity contribution in [1.29, 1.82) is 0 Å². The van der Waals surface area contributed by atoms with Crippen LogP contribution in [0.2, 0.25) is 0 Å². The Labute approximate surface area is 182 Å². The van der Waals surface area contributed by atoms with Crippen molar-refractivity contribution in [3.63, 3.8) is 0 Å². The third-order valence-corrected chi connectivity index (χ3v) is 7.88. The van der Waals surface area contributed by atoms with E-state index in [0.29, 0.717) is 6.54 Å². The van der Waals surface area contributed by atoms with E-state index in [9.17, 15) is 13.2 Å². The van der Waals surface area contributed by atoms with Crippen LogP contribution in [0.1, 0.15) is 38.5 Å². The molecular formula is C22H34F3N5O. The summed E-state index contributed by atoms with van der Waals surface area (Å²) in [5.74, 6) is 1.64. The molecule has 174 valence electrons. The summed E-state index contributed by atoms with van der Waals surface area (Å²) in [7, 11) is 0. The van der Waals surface area contributed by atoms with E-state index in [1.165, 1.54) is 19.3 Å². The Hall–Kier alpha value is -1.19. The molecule has 0 radical (unpaired) electrons. The highest BCUT2D eigenvalue weighted by molar-refractivity contribution is 6.03. The largest absolute Gasteiger partial charge is 0.430 e. The lowest BCUT2D eigenvalue weighted by molar-refractivity contribution is -0.0629. The molecule has 2 N–H and O–H groups in total. The normalized spacial score (nSPS) is 38.2. The van der Waals surface area contributed by atoms with Crippen molar-refractivity contribution >= 4 is 11.7 Å². The minimum atomic E-state index is -4.43. The van der Waals surface area contributed by atoms with E-state index in [1.54, 1.807) is 0 Å². The Kier molecular flexibility index (Phi) is 6.03. The maximum absolute atomic E-state index is 13.8. The first-order valence-electron chi connectivity index (χ1n) is 11.9. The minimum Gasteiger partial charge on any atom is -0.379 e. The van der Waals surface area contributed by atoms with Gasteiger partial charge in [0.25, 0.3) is 0 Å². The second-order valence-corrected chi connectivity index (χ2v) is 10.3. The molecule has 6 nitrogen and oxygen atoms in total. The fourth-order valence-corrected chi connectivity index (χ4v) is 6.89. The number of morpholine rings is 1. The SMILES string of the molecule is FC(F)(F)C1=NC(NC23CC4CC(CC(C4)C2)C3)=NCC1CNCCN1CCOCC1. The molecule has 0 aromatic rings. The quantitative estimate of drug-likeness (QED) is 0.622. The molecule has 5 fully saturated rings. The van der Waals surface area contributed by atoms with Gasteiger partial charge in [0.05, 0.1) is 19.8 Å². The molecule has 1 atom stereocenters. The molecule has 0 spiro atoms. The number of nitrogens with zero attached hydrogens (tertiary/aromatic N) is 3. The van der Waals surface area contributed by atoms with Gasteiger partial charge in [-0.05, 0) is 56.3 Å². The van der Waals surface area contributed by atoms with Crippen LogP contribution in [0.5, 0.6) is 0 Å². The van der Waals surface area contributed by atoms with Crippen LogP contribution in [0, 0.1) is 23.7 Å². The molecule has 31 heavy (non-hydrogen) atoms. The fourth-order valence-electron chi connectivity index (χ4n) is 6.89. The first kappa shape index (κ1) is 21.6. The number of rotatable bonds is 6. The standard InChI is InChI=1S/C22H34F3N5O/c23-22(24,25)19-18(13-26-1-2-30-3-5-31-6-4-30)14-27-20(28-19)29-21-10-15-7-16(11-21)9-17(8-15)12-21/h15-18,26H,1-14H2,(H,27,29).